The lowest BCUT2D eigenvalue weighted by atomic mass is 9.86. The third-order valence-electron chi connectivity index (χ3n) is 4.42. The summed E-state index contributed by atoms with van der Waals surface area (Å²) in [5.74, 6) is -1.56. The first-order valence-electron chi connectivity index (χ1n) is 7.78. The Balaban J connectivity index is 2.17. The minimum absolute atomic E-state index is 0.0829. The van der Waals surface area contributed by atoms with Crippen molar-refractivity contribution in [3.63, 3.8) is 0 Å². The Morgan fingerprint density at radius 1 is 1.29 bits per heavy atom. The van der Waals surface area contributed by atoms with Crippen LogP contribution in [-0.4, -0.2) is 41.6 Å². The maximum Gasteiger partial charge on any atom is 0.387 e. The van der Waals surface area contributed by atoms with E-state index in [2.05, 4.69) is 4.74 Å². The Labute approximate surface area is 139 Å². The number of aryl methyl sites for hydroxylation is 2. The second-order valence-electron chi connectivity index (χ2n) is 6.28. The Hall–Kier alpha value is -2.18. The number of hydrogen-bond donors (Lipinski definition) is 1. The van der Waals surface area contributed by atoms with E-state index in [0.717, 1.165) is 0 Å². The van der Waals surface area contributed by atoms with E-state index in [1.165, 1.54) is 12.1 Å². The van der Waals surface area contributed by atoms with Gasteiger partial charge in [0.2, 0.25) is 0 Å². The molecular weight excluding hydrogens is 320 g/mol. The average molecular weight is 341 g/mol. The number of carbonyl (C=O) groups excluding carboxylic acids is 1. The lowest BCUT2D eigenvalue weighted by Gasteiger charge is -2.35. The summed E-state index contributed by atoms with van der Waals surface area (Å²) in [6.07, 6.45) is 0.410. The minimum atomic E-state index is -2.92. The number of ether oxygens (including phenoxy) is 1. The highest BCUT2D eigenvalue weighted by Crippen LogP contribution is 2.29. The number of piperidine rings is 1. The van der Waals surface area contributed by atoms with Gasteiger partial charge in [0.1, 0.15) is 5.75 Å². The topological polar surface area (TPSA) is 66.8 Å². The maximum absolute atomic E-state index is 12.6. The summed E-state index contributed by atoms with van der Waals surface area (Å²) in [5.41, 5.74) is 1.33. The SMILES string of the molecule is Cc1cc(C(=O)N2CCC(C(=O)O)C(C)C2)cc(C)c1OC(F)F. The van der Waals surface area contributed by atoms with Gasteiger partial charge in [-0.15, -0.1) is 0 Å². The van der Waals surface area contributed by atoms with Gasteiger partial charge < -0.3 is 14.7 Å². The summed E-state index contributed by atoms with van der Waals surface area (Å²) in [4.78, 5) is 25.4. The van der Waals surface area contributed by atoms with Crippen LogP contribution in [0, 0.1) is 25.7 Å². The fraction of sp³-hybridized carbons (Fsp3) is 0.529. The van der Waals surface area contributed by atoms with E-state index in [1.54, 1.807) is 18.7 Å². The van der Waals surface area contributed by atoms with Crippen LogP contribution in [0.25, 0.3) is 0 Å². The van der Waals surface area contributed by atoms with Crippen molar-refractivity contribution in [3.8, 4) is 5.75 Å². The van der Waals surface area contributed by atoms with Gasteiger partial charge in [-0.3, -0.25) is 9.59 Å². The molecule has 2 rings (SSSR count). The fourth-order valence-electron chi connectivity index (χ4n) is 3.23. The predicted octanol–water partition coefficient (Wildman–Crippen LogP) is 3.09. The van der Waals surface area contributed by atoms with E-state index < -0.39 is 18.5 Å². The number of carboxylic acid groups (broad SMARTS) is 1. The Morgan fingerprint density at radius 3 is 2.33 bits per heavy atom. The first-order chi connectivity index (χ1) is 11.2. The summed E-state index contributed by atoms with van der Waals surface area (Å²) in [7, 11) is 0. The Kier molecular flexibility index (Phi) is 5.41. The van der Waals surface area contributed by atoms with Gasteiger partial charge in [0.15, 0.2) is 0 Å². The van der Waals surface area contributed by atoms with Crippen LogP contribution < -0.4 is 4.74 Å². The van der Waals surface area contributed by atoms with Crippen molar-refractivity contribution in [1.82, 2.24) is 4.90 Å². The molecule has 0 radical (unpaired) electrons. The normalized spacial score (nSPS) is 21.0. The number of rotatable bonds is 4. The van der Waals surface area contributed by atoms with Gasteiger partial charge in [0.05, 0.1) is 5.92 Å². The number of alkyl halides is 2. The standard InChI is InChI=1S/C17H21F2NO4/c1-9-6-12(7-10(2)14(9)24-17(18)19)15(21)20-5-4-13(16(22)23)11(3)8-20/h6-7,11,13,17H,4-5,8H2,1-3H3,(H,22,23). The number of aliphatic carboxylic acids is 1. The number of benzene rings is 1. The van der Waals surface area contributed by atoms with Gasteiger partial charge >= 0.3 is 12.6 Å². The quantitative estimate of drug-likeness (QED) is 0.914. The van der Waals surface area contributed by atoms with Gasteiger partial charge in [-0.25, -0.2) is 0 Å². The number of carboxylic acids is 1. The third kappa shape index (κ3) is 3.83. The molecule has 1 N–H and O–H groups in total. The van der Waals surface area contributed by atoms with Crippen molar-refractivity contribution in [2.75, 3.05) is 13.1 Å². The first kappa shape index (κ1) is 18.2. The molecule has 1 fully saturated rings. The van der Waals surface area contributed by atoms with Crippen molar-refractivity contribution in [1.29, 1.82) is 0 Å². The first-order valence-corrected chi connectivity index (χ1v) is 7.78. The van der Waals surface area contributed by atoms with Gasteiger partial charge in [0.25, 0.3) is 5.91 Å². The molecule has 0 saturated carbocycles. The molecule has 24 heavy (non-hydrogen) atoms. The summed E-state index contributed by atoms with van der Waals surface area (Å²) in [6.45, 7) is 2.85. The number of carbonyl (C=O) groups is 2. The predicted molar refractivity (Wildman–Crippen MR) is 83.4 cm³/mol. The molecule has 1 aliphatic heterocycles. The largest absolute Gasteiger partial charge is 0.481 e. The van der Waals surface area contributed by atoms with E-state index in [0.29, 0.717) is 36.2 Å². The number of halogens is 2. The van der Waals surface area contributed by atoms with Crippen molar-refractivity contribution >= 4 is 11.9 Å². The van der Waals surface area contributed by atoms with Crippen LogP contribution in [0.4, 0.5) is 8.78 Å². The van der Waals surface area contributed by atoms with Crippen LogP contribution in [0.2, 0.25) is 0 Å². The molecule has 0 bridgehead atoms. The van der Waals surface area contributed by atoms with Crippen LogP contribution in [0.3, 0.4) is 0 Å². The molecule has 0 aromatic heterocycles. The highest BCUT2D eigenvalue weighted by atomic mass is 19.3. The summed E-state index contributed by atoms with van der Waals surface area (Å²) < 4.78 is 29.3. The summed E-state index contributed by atoms with van der Waals surface area (Å²) in [6, 6.07) is 3.06. The number of nitrogens with zero attached hydrogens (tertiary/aromatic N) is 1. The lowest BCUT2D eigenvalue weighted by Crippen LogP contribution is -2.45. The Morgan fingerprint density at radius 2 is 1.88 bits per heavy atom. The van der Waals surface area contributed by atoms with E-state index in [-0.39, 0.29) is 17.6 Å². The van der Waals surface area contributed by atoms with Crippen molar-refractivity contribution in [2.24, 2.45) is 11.8 Å². The van der Waals surface area contributed by atoms with E-state index in [1.807, 2.05) is 6.92 Å². The Bertz CT molecular complexity index is 624. The molecule has 1 heterocycles. The van der Waals surface area contributed by atoms with Crippen molar-refractivity contribution in [3.05, 3.63) is 28.8 Å². The zero-order chi connectivity index (χ0) is 18.0. The average Bonchev–Trinajstić information content (AvgIpc) is 2.49. The van der Waals surface area contributed by atoms with E-state index in [4.69, 9.17) is 5.11 Å². The molecule has 2 unspecified atom stereocenters. The molecule has 1 aliphatic rings. The molecular formula is C17H21F2NO4. The summed E-state index contributed by atoms with van der Waals surface area (Å²) >= 11 is 0. The number of hydrogen-bond acceptors (Lipinski definition) is 3. The van der Waals surface area contributed by atoms with Crippen LogP contribution in [0.5, 0.6) is 5.75 Å². The van der Waals surface area contributed by atoms with E-state index in [9.17, 15) is 18.4 Å². The zero-order valence-electron chi connectivity index (χ0n) is 13.9. The lowest BCUT2D eigenvalue weighted by molar-refractivity contribution is -0.145. The molecule has 132 valence electrons. The summed E-state index contributed by atoms with van der Waals surface area (Å²) in [5, 5.41) is 9.15. The zero-order valence-corrected chi connectivity index (χ0v) is 13.9. The van der Waals surface area contributed by atoms with Crippen LogP contribution in [-0.2, 0) is 4.79 Å². The highest BCUT2D eigenvalue weighted by Gasteiger charge is 2.33. The van der Waals surface area contributed by atoms with Crippen LogP contribution >= 0.6 is 0 Å². The van der Waals surface area contributed by atoms with Gasteiger partial charge in [-0.05, 0) is 49.4 Å². The van der Waals surface area contributed by atoms with E-state index >= 15 is 0 Å². The number of amides is 1. The van der Waals surface area contributed by atoms with Crippen molar-refractivity contribution < 1.29 is 28.2 Å². The van der Waals surface area contributed by atoms with Gasteiger partial charge in [-0.2, -0.15) is 8.78 Å². The third-order valence-corrected chi connectivity index (χ3v) is 4.42. The second kappa shape index (κ2) is 7.15. The molecule has 0 aliphatic carbocycles. The molecule has 1 aromatic rings. The van der Waals surface area contributed by atoms with Crippen LogP contribution in [0.15, 0.2) is 12.1 Å². The molecule has 1 saturated heterocycles. The number of likely N-dealkylation sites (tertiary alicyclic amines) is 1. The monoisotopic (exact) mass is 341 g/mol. The van der Waals surface area contributed by atoms with Gasteiger partial charge in [0, 0.05) is 18.7 Å². The highest BCUT2D eigenvalue weighted by molar-refractivity contribution is 5.95. The molecule has 1 aromatic carbocycles. The maximum atomic E-state index is 12.6. The molecule has 0 spiro atoms. The fourth-order valence-corrected chi connectivity index (χ4v) is 3.23. The molecule has 7 heteroatoms. The molecule has 1 amide bonds. The smallest absolute Gasteiger partial charge is 0.387 e. The van der Waals surface area contributed by atoms with Gasteiger partial charge in [-0.1, -0.05) is 6.92 Å². The molecule has 2 atom stereocenters. The minimum Gasteiger partial charge on any atom is -0.481 e. The second-order valence-corrected chi connectivity index (χ2v) is 6.28. The molecule has 5 nitrogen and oxygen atoms in total. The van der Waals surface area contributed by atoms with Crippen molar-refractivity contribution in [2.45, 2.75) is 33.8 Å². The van der Waals surface area contributed by atoms with Crippen LogP contribution in [0.1, 0.15) is 34.8 Å².